The Hall–Kier alpha value is -3.98. The largest absolute Gasteiger partial charge is 0.477 e. The second-order valence-corrected chi connectivity index (χ2v) is 9.84. The maximum Gasteiger partial charge on any atom is 0.354 e. The molecule has 4 aromatic rings. The van der Waals surface area contributed by atoms with E-state index in [1.54, 1.807) is 28.2 Å². The van der Waals surface area contributed by atoms with Crippen molar-refractivity contribution in [2.45, 2.75) is 45.2 Å². The number of aromatic nitrogens is 4. The van der Waals surface area contributed by atoms with Crippen LogP contribution in [0.1, 0.15) is 52.2 Å². The van der Waals surface area contributed by atoms with Crippen LogP contribution in [-0.4, -0.2) is 42.1 Å². The summed E-state index contributed by atoms with van der Waals surface area (Å²) < 4.78 is 3.35. The number of aromatic carboxylic acids is 1. The number of rotatable bonds is 6. The summed E-state index contributed by atoms with van der Waals surface area (Å²) in [4.78, 5) is 45.6. The molecule has 1 saturated carbocycles. The van der Waals surface area contributed by atoms with Crippen LogP contribution >= 0.6 is 11.6 Å². The average Bonchev–Trinajstić information content (AvgIpc) is 3.17. The number of para-hydroxylation sites is 2. The van der Waals surface area contributed by atoms with Gasteiger partial charge in [-0.25, -0.2) is 14.6 Å². The summed E-state index contributed by atoms with van der Waals surface area (Å²) in [6.45, 7) is 2.35. The minimum absolute atomic E-state index is 0.0546. The van der Waals surface area contributed by atoms with Gasteiger partial charge in [0.05, 0.1) is 39.2 Å². The molecule has 9 nitrogen and oxygen atoms in total. The van der Waals surface area contributed by atoms with E-state index in [9.17, 15) is 14.4 Å². The first-order chi connectivity index (χ1) is 17.8. The first kappa shape index (κ1) is 24.7. The summed E-state index contributed by atoms with van der Waals surface area (Å²) in [5.41, 5.74) is 2.93. The second-order valence-electron chi connectivity index (χ2n) is 9.40. The number of imidazole rings is 1. The van der Waals surface area contributed by atoms with E-state index in [-0.39, 0.29) is 29.3 Å². The molecule has 0 bridgehead atoms. The van der Waals surface area contributed by atoms with Gasteiger partial charge in [-0.05, 0) is 68.9 Å². The smallest absolute Gasteiger partial charge is 0.354 e. The van der Waals surface area contributed by atoms with E-state index in [1.165, 1.54) is 18.5 Å². The van der Waals surface area contributed by atoms with Crippen LogP contribution in [0, 0.1) is 12.8 Å². The lowest BCUT2D eigenvalue weighted by Crippen LogP contribution is -2.39. The predicted molar refractivity (Wildman–Crippen MR) is 139 cm³/mol. The Balaban J connectivity index is 1.31. The molecule has 1 aliphatic carbocycles. The molecule has 190 valence electrons. The monoisotopic (exact) mass is 519 g/mol. The van der Waals surface area contributed by atoms with Crippen molar-refractivity contribution in [3.05, 3.63) is 87.3 Å². The Morgan fingerprint density at radius 3 is 2.46 bits per heavy atom. The molecule has 5 rings (SSSR count). The zero-order chi connectivity index (χ0) is 26.1. The molecule has 0 radical (unpaired) electrons. The molecule has 3 heterocycles. The number of nitrogens with zero attached hydrogens (tertiary/aromatic N) is 4. The zero-order valence-corrected chi connectivity index (χ0v) is 21.0. The van der Waals surface area contributed by atoms with Crippen LogP contribution in [0.15, 0.2) is 59.7 Å². The number of aryl methyl sites for hydroxylation is 1. The van der Waals surface area contributed by atoms with Crippen LogP contribution in [0.4, 0.5) is 0 Å². The molecule has 1 aromatic carbocycles. The van der Waals surface area contributed by atoms with Gasteiger partial charge in [-0.2, -0.15) is 0 Å². The number of nitrogens with one attached hydrogen (secondary N) is 1. The van der Waals surface area contributed by atoms with Crippen molar-refractivity contribution in [2.75, 3.05) is 0 Å². The van der Waals surface area contributed by atoms with Gasteiger partial charge >= 0.3 is 11.7 Å². The standard InChI is InChI=1S/C27H26ClN5O4/c1-16-21(12-18(28)13-29-16)25(34)31-19-8-6-17(7-9-19)15-32-23-4-2-3-5-24(23)33(27(32)37)20-10-11-22(26(35)36)30-14-20/h2-5,10-14,17,19H,6-9,15H2,1H3,(H,31,34)(H,35,36)/t17-,19-. The molecule has 1 aliphatic rings. The summed E-state index contributed by atoms with van der Waals surface area (Å²) >= 11 is 6.02. The average molecular weight is 520 g/mol. The summed E-state index contributed by atoms with van der Waals surface area (Å²) in [7, 11) is 0. The van der Waals surface area contributed by atoms with E-state index in [1.807, 2.05) is 24.3 Å². The summed E-state index contributed by atoms with van der Waals surface area (Å²) in [5.74, 6) is -1.00. The van der Waals surface area contributed by atoms with Gasteiger partial charge in [0.1, 0.15) is 5.69 Å². The molecule has 0 aliphatic heterocycles. The van der Waals surface area contributed by atoms with E-state index in [2.05, 4.69) is 15.3 Å². The van der Waals surface area contributed by atoms with Crippen LogP contribution < -0.4 is 11.0 Å². The third-order valence-electron chi connectivity index (χ3n) is 6.98. The van der Waals surface area contributed by atoms with Gasteiger partial charge in [-0.1, -0.05) is 23.7 Å². The predicted octanol–water partition coefficient (Wildman–Crippen LogP) is 4.23. The number of benzene rings is 1. The van der Waals surface area contributed by atoms with Gasteiger partial charge < -0.3 is 10.4 Å². The van der Waals surface area contributed by atoms with Gasteiger partial charge in [0.15, 0.2) is 0 Å². The Labute approximate surface area is 217 Å². The Bertz CT molecular complexity index is 1530. The number of halogens is 1. The fraction of sp³-hybridized carbons (Fsp3) is 0.296. The van der Waals surface area contributed by atoms with E-state index in [0.717, 1.165) is 36.7 Å². The van der Waals surface area contributed by atoms with Crippen LogP contribution in [0.2, 0.25) is 5.02 Å². The summed E-state index contributed by atoms with van der Waals surface area (Å²) in [6, 6.07) is 12.2. The summed E-state index contributed by atoms with van der Waals surface area (Å²) in [5, 5.41) is 12.7. The first-order valence-corrected chi connectivity index (χ1v) is 12.5. The Kier molecular flexibility index (Phi) is 6.80. The maximum atomic E-state index is 13.5. The van der Waals surface area contributed by atoms with Crippen molar-refractivity contribution in [1.29, 1.82) is 0 Å². The fourth-order valence-electron chi connectivity index (χ4n) is 5.03. The van der Waals surface area contributed by atoms with Crippen molar-refractivity contribution in [3.63, 3.8) is 0 Å². The van der Waals surface area contributed by atoms with Gasteiger partial charge in [0.25, 0.3) is 5.91 Å². The number of carbonyl (C=O) groups excluding carboxylic acids is 1. The molecule has 37 heavy (non-hydrogen) atoms. The minimum atomic E-state index is -1.12. The number of pyridine rings is 2. The van der Waals surface area contributed by atoms with E-state index >= 15 is 0 Å². The van der Waals surface area contributed by atoms with Crippen molar-refractivity contribution >= 4 is 34.5 Å². The third kappa shape index (κ3) is 4.99. The van der Waals surface area contributed by atoms with Crippen LogP contribution in [-0.2, 0) is 6.54 Å². The molecule has 10 heteroatoms. The highest BCUT2D eigenvalue weighted by atomic mass is 35.5. The number of fused-ring (bicyclic) bond motifs is 1. The minimum Gasteiger partial charge on any atom is -0.477 e. The van der Waals surface area contributed by atoms with Crippen LogP contribution in [0.3, 0.4) is 0 Å². The molecule has 1 fully saturated rings. The maximum absolute atomic E-state index is 13.5. The number of carbonyl (C=O) groups is 2. The van der Waals surface area contributed by atoms with Gasteiger partial charge in [-0.3, -0.25) is 18.9 Å². The normalized spacial score (nSPS) is 17.6. The zero-order valence-electron chi connectivity index (χ0n) is 20.2. The van der Waals surface area contributed by atoms with Crippen LogP contribution in [0.5, 0.6) is 0 Å². The topological polar surface area (TPSA) is 119 Å². The Morgan fingerprint density at radius 2 is 1.78 bits per heavy atom. The van der Waals surface area contributed by atoms with E-state index in [0.29, 0.717) is 28.5 Å². The number of amides is 1. The molecule has 0 saturated heterocycles. The molecule has 1 amide bonds. The lowest BCUT2D eigenvalue weighted by Gasteiger charge is -2.29. The number of hydrogen-bond donors (Lipinski definition) is 2. The number of carboxylic acid groups (broad SMARTS) is 1. The number of hydrogen-bond acceptors (Lipinski definition) is 5. The molecular formula is C27H26ClN5O4. The molecule has 0 spiro atoms. The van der Waals surface area contributed by atoms with Crippen LogP contribution in [0.25, 0.3) is 16.7 Å². The Morgan fingerprint density at radius 1 is 1.05 bits per heavy atom. The lowest BCUT2D eigenvalue weighted by atomic mass is 9.85. The fourth-order valence-corrected chi connectivity index (χ4v) is 5.19. The quantitative estimate of drug-likeness (QED) is 0.393. The van der Waals surface area contributed by atoms with Gasteiger partial charge in [-0.15, -0.1) is 0 Å². The highest BCUT2D eigenvalue weighted by molar-refractivity contribution is 6.30. The molecule has 3 aromatic heterocycles. The second kappa shape index (κ2) is 10.2. The molecule has 0 unspecified atom stereocenters. The van der Waals surface area contributed by atoms with Crippen molar-refractivity contribution < 1.29 is 14.7 Å². The first-order valence-electron chi connectivity index (χ1n) is 12.1. The van der Waals surface area contributed by atoms with E-state index < -0.39 is 5.97 Å². The van der Waals surface area contributed by atoms with Gasteiger partial charge in [0, 0.05) is 18.8 Å². The SMILES string of the molecule is Cc1ncc(Cl)cc1C(=O)N[C@H]1CC[C@H](Cn2c(=O)n(-c3ccc(C(=O)O)nc3)c3ccccc32)CC1. The van der Waals surface area contributed by atoms with Gasteiger partial charge in [0.2, 0.25) is 0 Å². The third-order valence-corrected chi connectivity index (χ3v) is 7.19. The summed E-state index contributed by atoms with van der Waals surface area (Å²) in [6.07, 6.45) is 6.32. The lowest BCUT2D eigenvalue weighted by molar-refractivity contribution is 0.0690. The molecule has 0 atom stereocenters. The van der Waals surface area contributed by atoms with Crippen molar-refractivity contribution in [1.82, 2.24) is 24.4 Å². The highest BCUT2D eigenvalue weighted by Gasteiger charge is 2.26. The van der Waals surface area contributed by atoms with Crippen molar-refractivity contribution in [3.8, 4) is 5.69 Å². The van der Waals surface area contributed by atoms with E-state index in [4.69, 9.17) is 16.7 Å². The molecule has 2 N–H and O–H groups in total. The van der Waals surface area contributed by atoms with Crippen molar-refractivity contribution in [2.24, 2.45) is 5.92 Å². The number of carboxylic acids is 1. The molecular weight excluding hydrogens is 494 g/mol. The highest BCUT2D eigenvalue weighted by Crippen LogP contribution is 2.28.